The molecule has 0 aromatic carbocycles. The summed E-state index contributed by atoms with van der Waals surface area (Å²) in [5.74, 6) is -1.10. The molecule has 2 aliphatic rings. The lowest BCUT2D eigenvalue weighted by Crippen LogP contribution is -2.38. The van der Waals surface area contributed by atoms with Crippen molar-refractivity contribution in [3.63, 3.8) is 0 Å². The number of fused-ring (bicyclic) bond motifs is 1. The molecule has 5 heterocycles. The summed E-state index contributed by atoms with van der Waals surface area (Å²) in [5.41, 5.74) is 10.0. The van der Waals surface area contributed by atoms with Crippen molar-refractivity contribution in [3.8, 4) is 0 Å². The van der Waals surface area contributed by atoms with Crippen LogP contribution in [0.4, 0.5) is 11.8 Å². The van der Waals surface area contributed by atoms with Gasteiger partial charge in [0.15, 0.2) is 23.6 Å². The van der Waals surface area contributed by atoms with Gasteiger partial charge in [0.25, 0.3) is 5.56 Å². The second kappa shape index (κ2) is 15.2. The van der Waals surface area contributed by atoms with E-state index in [0.717, 1.165) is 4.57 Å². The number of aliphatic hydroxyl groups is 2. The van der Waals surface area contributed by atoms with Crippen molar-refractivity contribution in [3.05, 3.63) is 39.4 Å². The summed E-state index contributed by atoms with van der Waals surface area (Å²) in [6.07, 6.45) is -3.60. The molecule has 0 bridgehead atoms. The highest BCUT2D eigenvalue weighted by molar-refractivity contribution is 7.51. The number of nitrogen functional groups attached to an aromatic ring is 2. The molecule has 21 nitrogen and oxygen atoms in total. The average molecular weight is 700 g/mol. The highest BCUT2D eigenvalue weighted by Gasteiger charge is 2.50. The zero-order valence-electron chi connectivity index (χ0n) is 25.8. The standard InChI is InChI=1S/C26H38N9O12P/c1-43-20-19(15(10-36)46-24(20)35-12-29-18-21(35)32-25(28)33-22(18)40)47-48(42,30-7-4-2-3-5-17(38)39)44-11-13-9-14(37)23(45-13)34-8-6-16(27)31-26(34)41/h6,8,12-15,19-20,23-24,36-37H,2-5,7,9-11H2,1H3,(H,30,42)(H,38,39)(H2,27,31,41)(H3,28,32,33,40)/t13-,14+,15+,19+,20+,23+,24+,48?/m0/s1. The van der Waals surface area contributed by atoms with Crippen LogP contribution >= 0.6 is 7.75 Å². The number of carboxylic acid groups (broad SMARTS) is 1. The molecule has 0 aliphatic carbocycles. The smallest absolute Gasteiger partial charge is 0.406 e. The Morgan fingerprint density at radius 1 is 1.17 bits per heavy atom. The van der Waals surface area contributed by atoms with Crippen molar-refractivity contribution in [1.29, 1.82) is 0 Å². The van der Waals surface area contributed by atoms with E-state index < -0.39 is 74.5 Å². The van der Waals surface area contributed by atoms with E-state index in [1.807, 2.05) is 0 Å². The van der Waals surface area contributed by atoms with Crippen LogP contribution in [-0.2, 0) is 32.6 Å². The minimum absolute atomic E-state index is 0.000280. The third-order valence-corrected chi connectivity index (χ3v) is 9.44. The molecule has 0 saturated carbocycles. The second-order valence-electron chi connectivity index (χ2n) is 11.2. The number of carboxylic acids is 1. The first-order valence-electron chi connectivity index (χ1n) is 15.0. The number of aromatic nitrogens is 6. The molecular weight excluding hydrogens is 661 g/mol. The predicted molar refractivity (Wildman–Crippen MR) is 164 cm³/mol. The zero-order valence-corrected chi connectivity index (χ0v) is 26.7. The summed E-state index contributed by atoms with van der Waals surface area (Å²) in [6.45, 7) is -0.857. The Kier molecular flexibility index (Phi) is 11.2. The SMILES string of the molecule is CO[C@@H]1[C@H](OP(=O)(NCCCCCC(=O)O)OC[C@@H]2C[C@@H](O)[C@H](n3ccc(N)nc3=O)O2)[C@@H](CO)O[C@H]1n1cnc2c(=O)[nH]c(N)nc21. The van der Waals surface area contributed by atoms with Gasteiger partial charge in [0, 0.05) is 32.7 Å². The second-order valence-corrected chi connectivity index (χ2v) is 13.0. The van der Waals surface area contributed by atoms with Gasteiger partial charge in [-0.25, -0.2) is 19.4 Å². The molecule has 264 valence electrons. The average Bonchev–Trinajstić information content (AvgIpc) is 3.72. The number of unbranched alkanes of at least 4 members (excludes halogenated alkanes) is 2. The number of anilines is 2. The van der Waals surface area contributed by atoms with E-state index in [0.29, 0.717) is 19.3 Å². The molecule has 2 aliphatic heterocycles. The molecule has 2 saturated heterocycles. The minimum atomic E-state index is -4.30. The number of nitrogens with two attached hydrogens (primary N) is 2. The summed E-state index contributed by atoms with van der Waals surface area (Å²) in [4.78, 5) is 49.8. The van der Waals surface area contributed by atoms with E-state index in [9.17, 15) is 29.2 Å². The number of carbonyl (C=O) groups is 1. The van der Waals surface area contributed by atoms with Crippen LogP contribution in [0.1, 0.15) is 44.6 Å². The molecule has 0 spiro atoms. The van der Waals surface area contributed by atoms with E-state index in [-0.39, 0.29) is 48.9 Å². The third kappa shape index (κ3) is 7.91. The van der Waals surface area contributed by atoms with Crippen LogP contribution in [0.2, 0.25) is 0 Å². The topological polar surface area (TPSA) is 304 Å². The number of rotatable bonds is 16. The molecule has 48 heavy (non-hydrogen) atoms. The fourth-order valence-electron chi connectivity index (χ4n) is 5.54. The lowest BCUT2D eigenvalue weighted by Gasteiger charge is -2.28. The van der Waals surface area contributed by atoms with E-state index in [1.165, 1.54) is 30.3 Å². The molecule has 1 unspecified atom stereocenters. The number of H-pyrrole nitrogens is 1. The molecule has 22 heteroatoms. The Morgan fingerprint density at radius 3 is 2.67 bits per heavy atom. The predicted octanol–water partition coefficient (Wildman–Crippen LogP) is -1.16. The number of nitrogens with zero attached hydrogens (tertiary/aromatic N) is 5. The monoisotopic (exact) mass is 699 g/mol. The van der Waals surface area contributed by atoms with Crippen molar-refractivity contribution in [1.82, 2.24) is 34.2 Å². The summed E-state index contributed by atoms with van der Waals surface area (Å²) < 4.78 is 46.1. The van der Waals surface area contributed by atoms with Gasteiger partial charge in [0.1, 0.15) is 30.2 Å². The lowest BCUT2D eigenvalue weighted by atomic mass is 10.1. The van der Waals surface area contributed by atoms with Crippen LogP contribution in [0.5, 0.6) is 0 Å². The molecule has 9 N–H and O–H groups in total. The summed E-state index contributed by atoms with van der Waals surface area (Å²) in [6, 6.07) is 1.38. The molecule has 3 aromatic rings. The van der Waals surface area contributed by atoms with Crippen molar-refractivity contribution in [2.24, 2.45) is 0 Å². The van der Waals surface area contributed by atoms with Gasteiger partial charge >= 0.3 is 19.4 Å². The van der Waals surface area contributed by atoms with Crippen LogP contribution in [0, 0.1) is 0 Å². The maximum absolute atomic E-state index is 14.3. The van der Waals surface area contributed by atoms with Crippen molar-refractivity contribution < 1.29 is 47.9 Å². The molecule has 8 atom stereocenters. The van der Waals surface area contributed by atoms with Crippen LogP contribution < -0.4 is 27.8 Å². The molecule has 3 aromatic heterocycles. The highest BCUT2D eigenvalue weighted by Crippen LogP contribution is 2.50. The lowest BCUT2D eigenvalue weighted by molar-refractivity contribution is -0.137. The maximum Gasteiger partial charge on any atom is 0.406 e. The Balaban J connectivity index is 1.34. The number of hydrogen-bond donors (Lipinski definition) is 7. The van der Waals surface area contributed by atoms with Gasteiger partial charge in [-0.1, -0.05) is 6.42 Å². The number of ether oxygens (including phenoxy) is 3. The number of aromatic amines is 1. The van der Waals surface area contributed by atoms with Crippen LogP contribution in [0.15, 0.2) is 28.2 Å². The van der Waals surface area contributed by atoms with E-state index in [2.05, 4.69) is 25.0 Å². The van der Waals surface area contributed by atoms with Gasteiger partial charge in [0.2, 0.25) is 5.95 Å². The van der Waals surface area contributed by atoms with Crippen LogP contribution in [-0.4, -0.2) is 108 Å². The van der Waals surface area contributed by atoms with Crippen LogP contribution in [0.25, 0.3) is 11.2 Å². The molecular formula is C26H38N9O12P. The number of nitrogens with one attached hydrogen (secondary N) is 2. The minimum Gasteiger partial charge on any atom is -0.481 e. The third-order valence-electron chi connectivity index (χ3n) is 7.82. The number of hydrogen-bond acceptors (Lipinski definition) is 16. The first kappa shape index (κ1) is 35.5. The number of methoxy groups -OCH3 is 1. The zero-order chi connectivity index (χ0) is 34.6. The normalized spacial score (nSPS) is 27.0. The number of imidazole rings is 1. The fraction of sp³-hybridized carbons (Fsp3) is 0.615. The number of aliphatic hydroxyl groups excluding tert-OH is 2. The Labute approximate surface area is 271 Å². The highest BCUT2D eigenvalue weighted by atomic mass is 31.2. The van der Waals surface area contributed by atoms with Gasteiger partial charge < -0.3 is 41.0 Å². The van der Waals surface area contributed by atoms with Gasteiger partial charge in [-0.3, -0.25) is 32.8 Å². The van der Waals surface area contributed by atoms with E-state index in [4.69, 9.17) is 39.8 Å². The molecule has 0 amide bonds. The summed E-state index contributed by atoms with van der Waals surface area (Å²) in [5, 5.41) is 32.5. The van der Waals surface area contributed by atoms with E-state index in [1.54, 1.807) is 0 Å². The Morgan fingerprint density at radius 2 is 1.96 bits per heavy atom. The summed E-state index contributed by atoms with van der Waals surface area (Å²) >= 11 is 0. The van der Waals surface area contributed by atoms with Crippen molar-refractivity contribution >= 4 is 36.6 Å². The van der Waals surface area contributed by atoms with Gasteiger partial charge in [-0.2, -0.15) is 9.97 Å². The number of aliphatic carboxylic acids is 1. The fourth-order valence-corrected chi connectivity index (χ4v) is 7.14. The Hall–Kier alpha value is -3.79. The molecule has 0 radical (unpaired) electrons. The van der Waals surface area contributed by atoms with Crippen molar-refractivity contribution in [2.45, 2.75) is 75.1 Å². The van der Waals surface area contributed by atoms with Gasteiger partial charge in [-0.15, -0.1) is 0 Å². The maximum atomic E-state index is 14.3. The quantitative estimate of drug-likeness (QED) is 0.0685. The van der Waals surface area contributed by atoms with E-state index >= 15 is 0 Å². The summed E-state index contributed by atoms with van der Waals surface area (Å²) in [7, 11) is -2.95. The first-order chi connectivity index (χ1) is 22.9. The molecule has 5 rings (SSSR count). The largest absolute Gasteiger partial charge is 0.481 e. The van der Waals surface area contributed by atoms with Crippen LogP contribution in [0.3, 0.4) is 0 Å². The first-order valence-corrected chi connectivity index (χ1v) is 16.6. The molecule has 2 fully saturated rings. The Bertz CT molecular complexity index is 1750. The van der Waals surface area contributed by atoms with Gasteiger partial charge in [0.05, 0.1) is 25.6 Å². The van der Waals surface area contributed by atoms with Crippen molar-refractivity contribution in [2.75, 3.05) is 38.3 Å². The van der Waals surface area contributed by atoms with Gasteiger partial charge in [-0.05, 0) is 18.9 Å².